The summed E-state index contributed by atoms with van der Waals surface area (Å²) in [5.74, 6) is 0.578. The molecular formula is C46H63N5O6. The first-order valence-electron chi connectivity index (χ1n) is 21.1. The van der Waals surface area contributed by atoms with Gasteiger partial charge in [0, 0.05) is 48.6 Å². The van der Waals surface area contributed by atoms with E-state index in [0.29, 0.717) is 54.8 Å². The number of nitrogens with zero attached hydrogens (tertiary/aromatic N) is 1. The van der Waals surface area contributed by atoms with Gasteiger partial charge in [-0.25, -0.2) is 0 Å². The summed E-state index contributed by atoms with van der Waals surface area (Å²) in [5, 5.41) is 18.8. The molecule has 3 amide bonds. The molecule has 0 unspecified atom stereocenters. The number of likely N-dealkylation sites (tertiary alicyclic amines) is 1. The number of hydrogen-bond donors (Lipinski definition) is 5. The molecule has 3 fully saturated rings. The normalized spacial score (nSPS) is 23.9. The Bertz CT molecular complexity index is 1780. The van der Waals surface area contributed by atoms with E-state index < -0.39 is 6.29 Å². The molecule has 3 aromatic carbocycles. The number of para-hydroxylation sites is 2. The van der Waals surface area contributed by atoms with Gasteiger partial charge in [0.15, 0.2) is 6.29 Å². The number of piperidine rings is 1. The van der Waals surface area contributed by atoms with Crippen LogP contribution in [-0.2, 0) is 30.5 Å². The first kappa shape index (κ1) is 42.3. The lowest BCUT2D eigenvalue weighted by Gasteiger charge is -2.50. The molecule has 308 valence electrons. The number of nitrogens with two attached hydrogens (primary N) is 1. The molecule has 2 heterocycles. The number of carbonyl (C=O) groups is 3. The quantitative estimate of drug-likeness (QED) is 0.0765. The lowest BCUT2D eigenvalue weighted by Crippen LogP contribution is -2.61. The van der Waals surface area contributed by atoms with Gasteiger partial charge >= 0.3 is 0 Å². The van der Waals surface area contributed by atoms with Crippen molar-refractivity contribution in [2.24, 2.45) is 5.92 Å². The zero-order valence-electron chi connectivity index (χ0n) is 34.0. The lowest BCUT2D eigenvalue weighted by molar-refractivity contribution is -0.255. The lowest BCUT2D eigenvalue weighted by atomic mass is 9.75. The number of carbonyl (C=O) groups excluding carboxylic acids is 3. The van der Waals surface area contributed by atoms with Crippen molar-refractivity contribution < 1.29 is 29.0 Å². The maximum atomic E-state index is 13.8. The van der Waals surface area contributed by atoms with Crippen LogP contribution in [0.5, 0.6) is 0 Å². The molecule has 11 nitrogen and oxygen atoms in total. The van der Waals surface area contributed by atoms with Crippen molar-refractivity contribution in [2.75, 3.05) is 22.9 Å². The minimum Gasteiger partial charge on any atom is -0.397 e. The molecule has 1 aliphatic carbocycles. The third-order valence-corrected chi connectivity index (χ3v) is 11.6. The Labute approximate surface area is 338 Å². The zero-order valence-corrected chi connectivity index (χ0v) is 34.0. The number of hydrogen-bond acceptors (Lipinski definition) is 8. The molecule has 3 aromatic rings. The van der Waals surface area contributed by atoms with Gasteiger partial charge in [0.2, 0.25) is 17.7 Å². The summed E-state index contributed by atoms with van der Waals surface area (Å²) in [4.78, 5) is 41.3. The van der Waals surface area contributed by atoms with Gasteiger partial charge < -0.3 is 36.3 Å². The summed E-state index contributed by atoms with van der Waals surface area (Å²) in [6, 6.07) is 22.9. The molecule has 0 aromatic heterocycles. The van der Waals surface area contributed by atoms with Gasteiger partial charge in [0.05, 0.1) is 36.2 Å². The Morgan fingerprint density at radius 2 is 1.46 bits per heavy atom. The highest BCUT2D eigenvalue weighted by atomic mass is 16.7. The van der Waals surface area contributed by atoms with Crippen molar-refractivity contribution >= 4 is 34.8 Å². The Morgan fingerprint density at radius 1 is 0.789 bits per heavy atom. The molecule has 0 bridgehead atoms. The van der Waals surface area contributed by atoms with Crippen LogP contribution in [0.1, 0.15) is 133 Å². The summed E-state index contributed by atoms with van der Waals surface area (Å²) in [6.45, 7) is 6.72. The first-order chi connectivity index (χ1) is 27.5. The van der Waals surface area contributed by atoms with Crippen LogP contribution in [-0.4, -0.2) is 58.0 Å². The molecule has 3 aliphatic rings. The topological polar surface area (TPSA) is 155 Å². The smallest absolute Gasteiger partial charge is 0.237 e. The Balaban J connectivity index is 1.06. The van der Waals surface area contributed by atoms with Gasteiger partial charge in [-0.2, -0.15) is 0 Å². The van der Waals surface area contributed by atoms with Crippen LogP contribution in [0.25, 0.3) is 0 Å². The molecule has 2 aliphatic heterocycles. The summed E-state index contributed by atoms with van der Waals surface area (Å²) >= 11 is 0. The average molecular weight is 782 g/mol. The first-order valence-corrected chi connectivity index (χ1v) is 21.1. The average Bonchev–Trinajstić information content (AvgIpc) is 3.19. The number of nitrogen functional groups attached to an aromatic ring is 1. The van der Waals surface area contributed by atoms with E-state index >= 15 is 0 Å². The maximum Gasteiger partial charge on any atom is 0.237 e. The van der Waals surface area contributed by atoms with Crippen LogP contribution < -0.4 is 21.7 Å². The highest BCUT2D eigenvalue weighted by molar-refractivity contribution is 5.93. The SMILES string of the molecule is CC(C)(C)NC(=O)[C@H]1CC[C@H]2CCCC[C@H]2N1C[C@H]1C[C@@H](c2ccc(CO)cc2)O[C@@H](c2ccc(NC(=O)CCCCCCC(=O)Nc3ccccc3N)cc2)O1. The molecule has 6 rings (SSSR count). The molecule has 0 spiro atoms. The monoisotopic (exact) mass is 781 g/mol. The number of amides is 3. The maximum absolute atomic E-state index is 13.8. The second-order valence-corrected chi connectivity index (χ2v) is 17.2. The third-order valence-electron chi connectivity index (χ3n) is 11.6. The van der Waals surface area contributed by atoms with E-state index in [9.17, 15) is 19.5 Å². The molecule has 57 heavy (non-hydrogen) atoms. The molecule has 0 radical (unpaired) electrons. The third kappa shape index (κ3) is 12.1. The van der Waals surface area contributed by atoms with Gasteiger partial charge in [-0.1, -0.05) is 74.2 Å². The highest BCUT2D eigenvalue weighted by Gasteiger charge is 2.44. The van der Waals surface area contributed by atoms with Crippen molar-refractivity contribution in [1.29, 1.82) is 0 Å². The van der Waals surface area contributed by atoms with Crippen LogP contribution in [0.15, 0.2) is 72.8 Å². The zero-order chi connectivity index (χ0) is 40.4. The number of unbranched alkanes of at least 4 members (excludes halogenated alkanes) is 3. The van der Waals surface area contributed by atoms with Crippen LogP contribution >= 0.6 is 0 Å². The van der Waals surface area contributed by atoms with Crippen molar-refractivity contribution in [2.45, 2.75) is 147 Å². The number of anilines is 3. The highest BCUT2D eigenvalue weighted by Crippen LogP contribution is 2.42. The minimum atomic E-state index is -0.642. The van der Waals surface area contributed by atoms with Crippen LogP contribution in [0.3, 0.4) is 0 Å². The minimum absolute atomic E-state index is 0.0230. The number of aliphatic hydroxyl groups is 1. The number of nitrogens with one attached hydrogen (secondary N) is 3. The van der Waals surface area contributed by atoms with E-state index in [4.69, 9.17) is 15.2 Å². The summed E-state index contributed by atoms with van der Waals surface area (Å²) in [6.07, 6.45) is 10.2. The predicted octanol–water partition coefficient (Wildman–Crippen LogP) is 8.16. The van der Waals surface area contributed by atoms with Gasteiger partial charge in [-0.15, -0.1) is 0 Å². The van der Waals surface area contributed by atoms with E-state index in [-0.39, 0.29) is 48.1 Å². The molecule has 11 heteroatoms. The number of fused-ring (bicyclic) bond motifs is 1. The summed E-state index contributed by atoms with van der Waals surface area (Å²) < 4.78 is 13.4. The fraction of sp³-hybridized carbons (Fsp3) is 0.543. The number of benzene rings is 3. The Kier molecular flexibility index (Phi) is 14.8. The van der Waals surface area contributed by atoms with Crippen molar-refractivity contribution in [1.82, 2.24) is 10.2 Å². The van der Waals surface area contributed by atoms with Gasteiger partial charge in [0.1, 0.15) is 0 Å². The van der Waals surface area contributed by atoms with Gasteiger partial charge in [0.25, 0.3) is 0 Å². The number of rotatable bonds is 15. The van der Waals surface area contributed by atoms with Gasteiger partial charge in [-0.05, 0) is 101 Å². The predicted molar refractivity (Wildman–Crippen MR) is 224 cm³/mol. The Morgan fingerprint density at radius 3 is 2.14 bits per heavy atom. The Hall–Kier alpha value is -4.29. The van der Waals surface area contributed by atoms with E-state index in [1.807, 2.05) is 81.4 Å². The van der Waals surface area contributed by atoms with E-state index in [1.165, 1.54) is 19.3 Å². The van der Waals surface area contributed by atoms with Crippen molar-refractivity contribution in [3.8, 4) is 0 Å². The van der Waals surface area contributed by atoms with Gasteiger partial charge in [-0.3, -0.25) is 19.3 Å². The number of ether oxygens (including phenoxy) is 2. The standard InChI is InChI=1S/C46H63N5O6/c1-46(2,3)50-44(55)40-27-24-32-12-8-11-15-39(32)51(40)29-36-28-41(33-20-18-31(30-52)19-21-33)57-45(56-36)34-22-25-35(26-23-34)48-42(53)16-6-4-5-7-17-43(54)49-38-14-10-9-13-37(38)47/h9-10,13-14,18-23,25-26,32,36,39-41,45,52H,4-8,11-12,15-17,24,27-30,47H2,1-3H3,(H,48,53)(H,49,54)(H,50,55)/t32-,36-,39-,40-,41+,45+/m1/s1. The van der Waals surface area contributed by atoms with E-state index in [1.54, 1.807) is 12.1 Å². The molecule has 6 atom stereocenters. The fourth-order valence-corrected chi connectivity index (χ4v) is 8.69. The van der Waals surface area contributed by atoms with Crippen molar-refractivity contribution in [3.05, 3.63) is 89.5 Å². The largest absolute Gasteiger partial charge is 0.397 e. The molecular weight excluding hydrogens is 719 g/mol. The van der Waals surface area contributed by atoms with E-state index in [2.05, 4.69) is 20.9 Å². The fourth-order valence-electron chi connectivity index (χ4n) is 8.69. The van der Waals surface area contributed by atoms with Crippen LogP contribution in [0.2, 0.25) is 0 Å². The molecule has 6 N–H and O–H groups in total. The second-order valence-electron chi connectivity index (χ2n) is 17.2. The second kappa shape index (κ2) is 19.9. The molecule has 1 saturated carbocycles. The number of aliphatic hydroxyl groups excluding tert-OH is 1. The van der Waals surface area contributed by atoms with Crippen LogP contribution in [0.4, 0.5) is 17.1 Å². The summed E-state index contributed by atoms with van der Waals surface area (Å²) in [5.41, 5.74) is 10.2. The van der Waals surface area contributed by atoms with Crippen molar-refractivity contribution in [3.63, 3.8) is 0 Å². The summed E-state index contributed by atoms with van der Waals surface area (Å²) in [7, 11) is 0. The van der Waals surface area contributed by atoms with Crippen LogP contribution in [0, 0.1) is 5.92 Å². The molecule has 2 saturated heterocycles. The van der Waals surface area contributed by atoms with E-state index in [0.717, 1.165) is 61.6 Å².